The molecule has 1 saturated heterocycles. The summed E-state index contributed by atoms with van der Waals surface area (Å²) in [6.07, 6.45) is 5.06. The zero-order valence-corrected chi connectivity index (χ0v) is 22.5. The molecule has 1 amide bonds. The van der Waals surface area contributed by atoms with E-state index in [1.54, 1.807) is 30.3 Å². The van der Waals surface area contributed by atoms with Crippen LogP contribution in [0.5, 0.6) is 0 Å². The minimum Gasteiger partial charge on any atom is -0.455 e. The number of halogens is 2. The van der Waals surface area contributed by atoms with E-state index in [2.05, 4.69) is 45.8 Å². The Morgan fingerprint density at radius 1 is 0.947 bits per heavy atom. The highest BCUT2D eigenvalue weighted by Crippen LogP contribution is 2.31. The van der Waals surface area contributed by atoms with Crippen molar-refractivity contribution in [1.29, 1.82) is 0 Å². The fourth-order valence-electron chi connectivity index (χ4n) is 4.79. The molecule has 5 rings (SSSR count). The standard InChI is InChI=1S/C31H29Cl2N3O2/c32-26-10-12-28(29(33)19-26)30-13-11-27(38-30)20-34-35-31(37)25-8-6-24(7-9-25)21-36-16-14-23(15-17-36)18-22-4-2-1-3-5-22/h1-13,19-20,23H,14-18,21H2,(H,35,37)/b34-20+. The van der Waals surface area contributed by atoms with Gasteiger partial charge in [0.15, 0.2) is 0 Å². The van der Waals surface area contributed by atoms with E-state index in [4.69, 9.17) is 27.6 Å². The van der Waals surface area contributed by atoms with Crippen LogP contribution < -0.4 is 5.43 Å². The molecule has 194 valence electrons. The van der Waals surface area contributed by atoms with Crippen LogP contribution in [0, 0.1) is 5.92 Å². The van der Waals surface area contributed by atoms with Crippen molar-refractivity contribution in [2.75, 3.05) is 13.1 Å². The molecule has 0 saturated carbocycles. The maximum absolute atomic E-state index is 12.5. The maximum Gasteiger partial charge on any atom is 0.271 e. The van der Waals surface area contributed by atoms with Gasteiger partial charge in [0.05, 0.1) is 11.2 Å². The molecule has 3 aromatic carbocycles. The first-order valence-corrected chi connectivity index (χ1v) is 13.5. The second-order valence-electron chi connectivity index (χ2n) is 9.63. The Kier molecular flexibility index (Phi) is 8.59. The first kappa shape index (κ1) is 26.2. The molecule has 1 aliphatic heterocycles. The maximum atomic E-state index is 12.5. The van der Waals surface area contributed by atoms with Gasteiger partial charge in [0.1, 0.15) is 11.5 Å². The van der Waals surface area contributed by atoms with Crippen LogP contribution in [0.4, 0.5) is 0 Å². The van der Waals surface area contributed by atoms with Gasteiger partial charge < -0.3 is 4.42 Å². The number of amides is 1. The number of piperidine rings is 1. The zero-order valence-electron chi connectivity index (χ0n) is 20.9. The second kappa shape index (κ2) is 12.4. The van der Waals surface area contributed by atoms with Gasteiger partial charge in [-0.3, -0.25) is 9.69 Å². The summed E-state index contributed by atoms with van der Waals surface area (Å²) in [7, 11) is 0. The van der Waals surface area contributed by atoms with Crippen molar-refractivity contribution >= 4 is 35.3 Å². The largest absolute Gasteiger partial charge is 0.455 e. The summed E-state index contributed by atoms with van der Waals surface area (Å²) in [5, 5.41) is 5.09. The average Bonchev–Trinajstić information content (AvgIpc) is 3.39. The van der Waals surface area contributed by atoms with Gasteiger partial charge >= 0.3 is 0 Å². The molecule has 7 heteroatoms. The SMILES string of the molecule is O=C(N/N=C/c1ccc(-c2ccc(Cl)cc2Cl)o1)c1ccc(CN2CCC(Cc3ccccc3)CC2)cc1. The molecule has 1 fully saturated rings. The molecule has 0 aliphatic carbocycles. The summed E-state index contributed by atoms with van der Waals surface area (Å²) in [4.78, 5) is 15.0. The van der Waals surface area contributed by atoms with Crippen LogP contribution in [0.25, 0.3) is 11.3 Å². The predicted octanol–water partition coefficient (Wildman–Crippen LogP) is 7.47. The van der Waals surface area contributed by atoms with Gasteiger partial charge in [-0.25, -0.2) is 5.43 Å². The Hall–Kier alpha value is -3.38. The molecule has 38 heavy (non-hydrogen) atoms. The fourth-order valence-corrected chi connectivity index (χ4v) is 5.29. The molecule has 0 unspecified atom stereocenters. The fraction of sp³-hybridized carbons (Fsp3) is 0.226. The van der Waals surface area contributed by atoms with E-state index in [0.717, 1.165) is 31.1 Å². The van der Waals surface area contributed by atoms with Gasteiger partial charge in [-0.05, 0) is 91.9 Å². The molecule has 0 bridgehead atoms. The zero-order chi connectivity index (χ0) is 26.3. The third kappa shape index (κ3) is 6.93. The average molecular weight is 546 g/mol. The van der Waals surface area contributed by atoms with Crippen molar-refractivity contribution in [2.45, 2.75) is 25.8 Å². The van der Waals surface area contributed by atoms with E-state index in [9.17, 15) is 4.79 Å². The minimum atomic E-state index is -0.276. The summed E-state index contributed by atoms with van der Waals surface area (Å²) in [5.41, 5.74) is 6.48. The Morgan fingerprint density at radius 3 is 2.45 bits per heavy atom. The number of carbonyl (C=O) groups is 1. The van der Waals surface area contributed by atoms with E-state index in [1.807, 2.05) is 24.3 Å². The monoisotopic (exact) mass is 545 g/mol. The topological polar surface area (TPSA) is 57.8 Å². The van der Waals surface area contributed by atoms with Crippen LogP contribution in [-0.4, -0.2) is 30.1 Å². The van der Waals surface area contributed by atoms with Crippen LogP contribution in [-0.2, 0) is 13.0 Å². The number of hydrazone groups is 1. The normalized spacial score (nSPS) is 14.7. The molecule has 0 radical (unpaired) electrons. The molecule has 1 aromatic heterocycles. The summed E-state index contributed by atoms with van der Waals surface area (Å²) in [6, 6.07) is 27.2. The third-order valence-electron chi connectivity index (χ3n) is 6.88. The second-order valence-corrected chi connectivity index (χ2v) is 10.5. The molecule has 2 heterocycles. The Morgan fingerprint density at radius 2 is 1.71 bits per heavy atom. The van der Waals surface area contributed by atoms with Crippen LogP contribution in [0.3, 0.4) is 0 Å². The summed E-state index contributed by atoms with van der Waals surface area (Å²) in [5.74, 6) is 1.56. The summed E-state index contributed by atoms with van der Waals surface area (Å²) in [6.45, 7) is 3.11. The smallest absolute Gasteiger partial charge is 0.271 e. The number of nitrogens with one attached hydrogen (secondary N) is 1. The van der Waals surface area contributed by atoms with Gasteiger partial charge in [0.2, 0.25) is 0 Å². The minimum absolute atomic E-state index is 0.276. The highest BCUT2D eigenvalue weighted by atomic mass is 35.5. The predicted molar refractivity (Wildman–Crippen MR) is 154 cm³/mol. The first-order valence-electron chi connectivity index (χ1n) is 12.8. The number of rotatable bonds is 8. The number of hydrogen-bond donors (Lipinski definition) is 1. The van der Waals surface area contributed by atoms with Crippen LogP contribution in [0.1, 0.15) is 40.1 Å². The molecular formula is C31H29Cl2N3O2. The summed E-state index contributed by atoms with van der Waals surface area (Å²) >= 11 is 12.2. The van der Waals surface area contributed by atoms with Crippen molar-refractivity contribution in [3.63, 3.8) is 0 Å². The van der Waals surface area contributed by atoms with Crippen LogP contribution in [0.15, 0.2) is 94.4 Å². The Bertz CT molecular complexity index is 1390. The van der Waals surface area contributed by atoms with Gasteiger partial charge in [0, 0.05) is 22.7 Å². The summed E-state index contributed by atoms with van der Waals surface area (Å²) < 4.78 is 5.77. The van der Waals surface area contributed by atoms with E-state index in [0.29, 0.717) is 27.1 Å². The number of benzene rings is 3. The van der Waals surface area contributed by atoms with Crippen molar-refractivity contribution in [1.82, 2.24) is 10.3 Å². The number of nitrogens with zero attached hydrogens (tertiary/aromatic N) is 2. The van der Waals surface area contributed by atoms with Crippen molar-refractivity contribution < 1.29 is 9.21 Å². The lowest BCUT2D eigenvalue weighted by molar-refractivity contribution is 0.0955. The van der Waals surface area contributed by atoms with Gasteiger partial charge in [-0.15, -0.1) is 0 Å². The molecule has 5 nitrogen and oxygen atoms in total. The van der Waals surface area contributed by atoms with E-state index < -0.39 is 0 Å². The quantitative estimate of drug-likeness (QED) is 0.184. The molecular weight excluding hydrogens is 517 g/mol. The van der Waals surface area contributed by atoms with E-state index in [1.165, 1.54) is 36.6 Å². The van der Waals surface area contributed by atoms with Crippen LogP contribution in [0.2, 0.25) is 10.0 Å². The third-order valence-corrected chi connectivity index (χ3v) is 7.43. The number of furan rings is 1. The van der Waals surface area contributed by atoms with Gasteiger partial charge in [-0.2, -0.15) is 5.10 Å². The number of carbonyl (C=O) groups excluding carboxylic acids is 1. The molecule has 1 N–H and O–H groups in total. The Labute approximate surface area is 233 Å². The van der Waals surface area contributed by atoms with Crippen molar-refractivity contribution in [3.8, 4) is 11.3 Å². The highest BCUT2D eigenvalue weighted by Gasteiger charge is 2.19. The van der Waals surface area contributed by atoms with Crippen molar-refractivity contribution in [2.24, 2.45) is 11.0 Å². The molecule has 4 aromatic rings. The van der Waals surface area contributed by atoms with Crippen LogP contribution >= 0.6 is 23.2 Å². The van der Waals surface area contributed by atoms with Crippen molar-refractivity contribution in [3.05, 3.63) is 117 Å². The first-order chi connectivity index (χ1) is 18.5. The highest BCUT2D eigenvalue weighted by molar-refractivity contribution is 6.36. The molecule has 1 aliphatic rings. The lowest BCUT2D eigenvalue weighted by atomic mass is 9.90. The lowest BCUT2D eigenvalue weighted by Gasteiger charge is -2.32. The van der Waals surface area contributed by atoms with E-state index >= 15 is 0 Å². The van der Waals surface area contributed by atoms with Gasteiger partial charge in [-0.1, -0.05) is 65.7 Å². The van der Waals surface area contributed by atoms with Gasteiger partial charge in [0.25, 0.3) is 5.91 Å². The van der Waals surface area contributed by atoms with E-state index in [-0.39, 0.29) is 5.91 Å². The molecule has 0 atom stereocenters. The lowest BCUT2D eigenvalue weighted by Crippen LogP contribution is -2.33. The number of likely N-dealkylation sites (tertiary alicyclic amines) is 1. The number of hydrogen-bond acceptors (Lipinski definition) is 4. The Balaban J connectivity index is 1.08. The molecule has 0 spiro atoms.